The standard InChI is InChI=1S/C16H22BrClFN/c1-16(2)7-5-4-6-11(16)15(20-3)10-8-13(18)12(17)9-14(10)19/h8-9,11,15,20H,4-7H2,1-3H3. The first-order chi connectivity index (χ1) is 9.36. The van der Waals surface area contributed by atoms with Gasteiger partial charge in [0.15, 0.2) is 0 Å². The van der Waals surface area contributed by atoms with Crippen molar-refractivity contribution in [2.45, 2.75) is 45.6 Å². The highest BCUT2D eigenvalue weighted by Gasteiger charge is 2.38. The number of nitrogens with one attached hydrogen (secondary N) is 1. The largest absolute Gasteiger partial charge is 0.313 e. The minimum atomic E-state index is -0.193. The van der Waals surface area contributed by atoms with Crippen molar-refractivity contribution in [1.29, 1.82) is 0 Å². The van der Waals surface area contributed by atoms with E-state index in [-0.39, 0.29) is 17.3 Å². The topological polar surface area (TPSA) is 12.0 Å². The van der Waals surface area contributed by atoms with Gasteiger partial charge in [-0.05, 0) is 59.3 Å². The van der Waals surface area contributed by atoms with Gasteiger partial charge < -0.3 is 5.32 Å². The molecule has 1 aromatic rings. The van der Waals surface area contributed by atoms with Gasteiger partial charge in [-0.2, -0.15) is 0 Å². The number of hydrogen-bond donors (Lipinski definition) is 1. The number of rotatable bonds is 3. The Morgan fingerprint density at radius 3 is 2.70 bits per heavy atom. The molecule has 0 heterocycles. The summed E-state index contributed by atoms with van der Waals surface area (Å²) < 4.78 is 15.0. The Morgan fingerprint density at radius 1 is 1.40 bits per heavy atom. The molecular formula is C16H22BrClFN. The minimum Gasteiger partial charge on any atom is -0.313 e. The van der Waals surface area contributed by atoms with E-state index < -0.39 is 0 Å². The van der Waals surface area contributed by atoms with Crippen LogP contribution in [0.4, 0.5) is 4.39 Å². The van der Waals surface area contributed by atoms with Crippen LogP contribution in [0.15, 0.2) is 16.6 Å². The quantitative estimate of drug-likeness (QED) is 0.678. The fourth-order valence-electron chi connectivity index (χ4n) is 3.49. The van der Waals surface area contributed by atoms with Crippen molar-refractivity contribution in [2.24, 2.45) is 11.3 Å². The van der Waals surface area contributed by atoms with Crippen LogP contribution in [0.5, 0.6) is 0 Å². The highest BCUT2D eigenvalue weighted by Crippen LogP contribution is 2.47. The molecule has 1 nitrogen and oxygen atoms in total. The zero-order valence-corrected chi connectivity index (χ0v) is 14.6. The van der Waals surface area contributed by atoms with Crippen molar-refractivity contribution in [3.63, 3.8) is 0 Å². The zero-order valence-electron chi connectivity index (χ0n) is 12.3. The van der Waals surface area contributed by atoms with Crippen LogP contribution in [-0.4, -0.2) is 7.05 Å². The number of hydrogen-bond acceptors (Lipinski definition) is 1. The second kappa shape index (κ2) is 6.33. The summed E-state index contributed by atoms with van der Waals surface area (Å²) in [7, 11) is 1.91. The van der Waals surface area contributed by atoms with Gasteiger partial charge in [0.05, 0.1) is 5.02 Å². The molecule has 4 heteroatoms. The molecule has 2 rings (SSSR count). The van der Waals surface area contributed by atoms with E-state index in [0.717, 1.165) is 6.42 Å². The normalized spacial score (nSPS) is 23.6. The molecule has 1 aliphatic rings. The smallest absolute Gasteiger partial charge is 0.129 e. The van der Waals surface area contributed by atoms with Gasteiger partial charge in [0, 0.05) is 16.1 Å². The van der Waals surface area contributed by atoms with Crippen LogP contribution in [0, 0.1) is 17.2 Å². The fraction of sp³-hybridized carbons (Fsp3) is 0.625. The Morgan fingerprint density at radius 2 is 2.10 bits per heavy atom. The maximum Gasteiger partial charge on any atom is 0.129 e. The molecule has 1 saturated carbocycles. The number of benzene rings is 1. The summed E-state index contributed by atoms with van der Waals surface area (Å²) >= 11 is 9.43. The molecule has 0 saturated heterocycles. The van der Waals surface area contributed by atoms with Gasteiger partial charge in [0.2, 0.25) is 0 Å². The van der Waals surface area contributed by atoms with Crippen molar-refractivity contribution < 1.29 is 4.39 Å². The van der Waals surface area contributed by atoms with Crippen LogP contribution < -0.4 is 5.32 Å². The molecule has 112 valence electrons. The Kier molecular flexibility index (Phi) is 5.14. The van der Waals surface area contributed by atoms with Gasteiger partial charge >= 0.3 is 0 Å². The average Bonchev–Trinajstić information content (AvgIpc) is 2.37. The van der Waals surface area contributed by atoms with E-state index in [1.165, 1.54) is 25.3 Å². The first kappa shape index (κ1) is 16.3. The molecule has 2 unspecified atom stereocenters. The summed E-state index contributed by atoms with van der Waals surface area (Å²) in [4.78, 5) is 0. The lowest BCUT2D eigenvalue weighted by Gasteiger charge is -2.43. The molecule has 0 amide bonds. The van der Waals surface area contributed by atoms with E-state index >= 15 is 0 Å². The van der Waals surface area contributed by atoms with Crippen LogP contribution in [0.1, 0.15) is 51.1 Å². The molecule has 0 radical (unpaired) electrons. The van der Waals surface area contributed by atoms with E-state index in [0.29, 0.717) is 21.0 Å². The SMILES string of the molecule is CNC(c1cc(Cl)c(Br)cc1F)C1CCCCC1(C)C. The summed E-state index contributed by atoms with van der Waals surface area (Å²) in [6.45, 7) is 4.58. The highest BCUT2D eigenvalue weighted by molar-refractivity contribution is 9.10. The van der Waals surface area contributed by atoms with Crippen molar-refractivity contribution in [1.82, 2.24) is 5.32 Å². The van der Waals surface area contributed by atoms with Crippen LogP contribution in [0.25, 0.3) is 0 Å². The summed E-state index contributed by atoms with van der Waals surface area (Å²) in [5, 5.41) is 3.88. The molecule has 0 bridgehead atoms. The van der Waals surface area contributed by atoms with Crippen LogP contribution in [-0.2, 0) is 0 Å². The highest BCUT2D eigenvalue weighted by atomic mass is 79.9. The first-order valence-corrected chi connectivity index (χ1v) is 8.35. The molecule has 1 aromatic carbocycles. The molecule has 1 N–H and O–H groups in total. The Bertz CT molecular complexity index is 490. The van der Waals surface area contributed by atoms with Gasteiger partial charge in [-0.1, -0.05) is 38.3 Å². The molecule has 1 fully saturated rings. The monoisotopic (exact) mass is 361 g/mol. The van der Waals surface area contributed by atoms with Crippen LogP contribution >= 0.6 is 27.5 Å². The van der Waals surface area contributed by atoms with Gasteiger partial charge in [-0.3, -0.25) is 0 Å². The average molecular weight is 363 g/mol. The van der Waals surface area contributed by atoms with E-state index in [1.807, 2.05) is 7.05 Å². The van der Waals surface area contributed by atoms with Gasteiger partial charge in [-0.25, -0.2) is 4.39 Å². The first-order valence-electron chi connectivity index (χ1n) is 7.18. The van der Waals surface area contributed by atoms with Crippen molar-refractivity contribution in [3.05, 3.63) is 33.0 Å². The van der Waals surface area contributed by atoms with Gasteiger partial charge in [-0.15, -0.1) is 0 Å². The van der Waals surface area contributed by atoms with Crippen molar-refractivity contribution >= 4 is 27.5 Å². The molecule has 0 aliphatic heterocycles. The minimum absolute atomic E-state index is 0.0101. The van der Waals surface area contributed by atoms with E-state index in [9.17, 15) is 4.39 Å². The summed E-state index contributed by atoms with van der Waals surface area (Å²) in [5.74, 6) is 0.231. The second-order valence-corrected chi connectivity index (χ2v) is 7.66. The second-order valence-electron chi connectivity index (χ2n) is 6.40. The fourth-order valence-corrected chi connectivity index (χ4v) is 3.98. The van der Waals surface area contributed by atoms with E-state index in [1.54, 1.807) is 6.07 Å². The third kappa shape index (κ3) is 3.20. The third-order valence-corrected chi connectivity index (χ3v) is 5.88. The Labute approximate surface area is 134 Å². The predicted octanol–water partition coefficient (Wildman–Crippen LogP) is 5.72. The van der Waals surface area contributed by atoms with Crippen molar-refractivity contribution in [3.8, 4) is 0 Å². The third-order valence-electron chi connectivity index (χ3n) is 4.68. The summed E-state index contributed by atoms with van der Waals surface area (Å²) in [6, 6.07) is 3.24. The lowest BCUT2D eigenvalue weighted by molar-refractivity contribution is 0.0998. The molecule has 2 atom stereocenters. The Balaban J connectivity index is 2.39. The molecular weight excluding hydrogens is 341 g/mol. The van der Waals surface area contributed by atoms with E-state index in [2.05, 4.69) is 35.1 Å². The molecule has 20 heavy (non-hydrogen) atoms. The predicted molar refractivity (Wildman–Crippen MR) is 86.6 cm³/mol. The Hall–Kier alpha value is -0.120. The summed E-state index contributed by atoms with van der Waals surface area (Å²) in [5.41, 5.74) is 0.901. The van der Waals surface area contributed by atoms with Crippen LogP contribution in [0.2, 0.25) is 5.02 Å². The van der Waals surface area contributed by atoms with Crippen molar-refractivity contribution in [2.75, 3.05) is 7.05 Å². The van der Waals surface area contributed by atoms with Gasteiger partial charge in [0.25, 0.3) is 0 Å². The maximum absolute atomic E-state index is 14.3. The van der Waals surface area contributed by atoms with E-state index in [4.69, 9.17) is 11.6 Å². The van der Waals surface area contributed by atoms with Crippen LogP contribution in [0.3, 0.4) is 0 Å². The number of halogens is 3. The zero-order chi connectivity index (χ0) is 14.9. The lowest BCUT2D eigenvalue weighted by atomic mass is 9.65. The molecule has 0 aromatic heterocycles. The summed E-state index contributed by atoms with van der Waals surface area (Å²) in [6.07, 6.45) is 4.81. The molecule has 0 spiro atoms. The maximum atomic E-state index is 14.3. The lowest BCUT2D eigenvalue weighted by Crippen LogP contribution is -2.38. The van der Waals surface area contributed by atoms with Gasteiger partial charge in [0.1, 0.15) is 5.82 Å². The molecule has 1 aliphatic carbocycles.